The van der Waals surface area contributed by atoms with Gasteiger partial charge in [0, 0.05) is 13.6 Å². The van der Waals surface area contributed by atoms with Crippen molar-refractivity contribution in [2.24, 2.45) is 0 Å². The first-order valence-corrected chi connectivity index (χ1v) is 13.5. The van der Waals surface area contributed by atoms with Crippen molar-refractivity contribution < 1.29 is 27.1 Å². The van der Waals surface area contributed by atoms with E-state index in [9.17, 15) is 22.4 Å². The maximum atomic E-state index is 13.8. The minimum atomic E-state index is -4.18. The molecule has 1 atom stereocenters. The quantitative estimate of drug-likeness (QED) is 0.397. The fraction of sp³-hybridized carbons (Fsp3) is 0.286. The molecule has 0 fully saturated rings. The highest BCUT2D eigenvalue weighted by molar-refractivity contribution is 7.92. The van der Waals surface area contributed by atoms with E-state index in [1.54, 1.807) is 31.2 Å². The lowest BCUT2D eigenvalue weighted by molar-refractivity contribution is -0.140. The highest BCUT2D eigenvalue weighted by Crippen LogP contribution is 2.26. The minimum absolute atomic E-state index is 0.00460. The Hall–Kier alpha value is -3.92. The molecule has 0 saturated carbocycles. The van der Waals surface area contributed by atoms with Crippen LogP contribution in [0.5, 0.6) is 5.75 Å². The lowest BCUT2D eigenvalue weighted by atomic mass is 10.1. The average Bonchev–Trinajstić information content (AvgIpc) is 2.92. The molecular weight excluding hydrogens is 509 g/mol. The van der Waals surface area contributed by atoms with Crippen molar-refractivity contribution >= 4 is 27.5 Å². The lowest BCUT2D eigenvalue weighted by Crippen LogP contribution is -2.51. The number of methoxy groups -OCH3 is 1. The molecule has 38 heavy (non-hydrogen) atoms. The Morgan fingerprint density at radius 1 is 0.974 bits per heavy atom. The smallest absolute Gasteiger partial charge is 0.264 e. The van der Waals surface area contributed by atoms with E-state index in [0.717, 1.165) is 9.87 Å². The van der Waals surface area contributed by atoms with E-state index in [0.29, 0.717) is 23.4 Å². The highest BCUT2D eigenvalue weighted by atomic mass is 32.2. The number of nitrogens with zero attached hydrogens (tertiary/aromatic N) is 2. The van der Waals surface area contributed by atoms with Gasteiger partial charge >= 0.3 is 0 Å². The predicted molar refractivity (Wildman–Crippen MR) is 144 cm³/mol. The molecule has 202 valence electrons. The van der Waals surface area contributed by atoms with E-state index in [1.807, 2.05) is 6.92 Å². The number of aryl methyl sites for hydroxylation is 1. The van der Waals surface area contributed by atoms with E-state index in [4.69, 9.17) is 4.74 Å². The normalized spacial score (nSPS) is 11.9. The summed E-state index contributed by atoms with van der Waals surface area (Å²) >= 11 is 0. The van der Waals surface area contributed by atoms with Crippen LogP contribution >= 0.6 is 0 Å². The Labute approximate surface area is 223 Å². The van der Waals surface area contributed by atoms with Gasteiger partial charge in [-0.2, -0.15) is 0 Å². The average molecular weight is 542 g/mol. The highest BCUT2D eigenvalue weighted by Gasteiger charge is 2.33. The summed E-state index contributed by atoms with van der Waals surface area (Å²) in [5.74, 6) is -0.907. The molecule has 0 aliphatic carbocycles. The number of carbonyl (C=O) groups excluding carboxylic acids is 2. The molecule has 10 heteroatoms. The monoisotopic (exact) mass is 541 g/mol. The molecule has 3 aromatic carbocycles. The number of anilines is 1. The van der Waals surface area contributed by atoms with Gasteiger partial charge < -0.3 is 15.0 Å². The molecule has 0 radical (unpaired) electrons. The van der Waals surface area contributed by atoms with Crippen molar-refractivity contribution in [1.82, 2.24) is 10.2 Å². The van der Waals surface area contributed by atoms with Gasteiger partial charge in [0.25, 0.3) is 10.0 Å². The van der Waals surface area contributed by atoms with E-state index in [2.05, 4.69) is 5.32 Å². The Bertz CT molecular complexity index is 1340. The number of hydrogen-bond donors (Lipinski definition) is 1. The zero-order chi connectivity index (χ0) is 27.9. The minimum Gasteiger partial charge on any atom is -0.497 e. The standard InChI is InChI=1S/C28H32FN3O5S/c1-5-26(28(34)30-3)31(18-21-8-10-22(29)11-9-21)27(33)19-32(23-12-6-20(2)7-13-23)38(35,36)25-16-14-24(37-4)15-17-25/h6-17,26H,5,18-19H2,1-4H3,(H,30,34)/t26-/m1/s1. The predicted octanol–water partition coefficient (Wildman–Crippen LogP) is 3.89. The molecule has 3 aromatic rings. The van der Waals surface area contributed by atoms with Crippen LogP contribution in [0.25, 0.3) is 0 Å². The van der Waals surface area contributed by atoms with Crippen LogP contribution in [0.2, 0.25) is 0 Å². The number of hydrogen-bond acceptors (Lipinski definition) is 5. The van der Waals surface area contributed by atoms with Gasteiger partial charge in [-0.15, -0.1) is 0 Å². The van der Waals surface area contributed by atoms with Gasteiger partial charge in [0.2, 0.25) is 11.8 Å². The van der Waals surface area contributed by atoms with Crippen molar-refractivity contribution in [3.63, 3.8) is 0 Å². The van der Waals surface area contributed by atoms with Crippen LogP contribution in [0.15, 0.2) is 77.7 Å². The molecule has 0 heterocycles. The van der Waals surface area contributed by atoms with Gasteiger partial charge in [-0.3, -0.25) is 13.9 Å². The summed E-state index contributed by atoms with van der Waals surface area (Å²) in [6.07, 6.45) is 0.294. The van der Waals surface area contributed by atoms with Gasteiger partial charge in [0.05, 0.1) is 17.7 Å². The van der Waals surface area contributed by atoms with Crippen molar-refractivity contribution in [3.05, 3.63) is 89.7 Å². The molecule has 0 bridgehead atoms. The van der Waals surface area contributed by atoms with Gasteiger partial charge in [0.15, 0.2) is 0 Å². The summed E-state index contributed by atoms with van der Waals surface area (Å²) in [7, 11) is -1.23. The molecule has 2 amide bonds. The van der Waals surface area contributed by atoms with Gasteiger partial charge in [-0.25, -0.2) is 12.8 Å². The van der Waals surface area contributed by atoms with E-state index in [-0.39, 0.29) is 17.3 Å². The number of ether oxygens (including phenoxy) is 1. The fourth-order valence-electron chi connectivity index (χ4n) is 3.99. The van der Waals surface area contributed by atoms with Crippen LogP contribution in [0, 0.1) is 12.7 Å². The number of benzene rings is 3. The Morgan fingerprint density at radius 2 is 1.58 bits per heavy atom. The summed E-state index contributed by atoms with van der Waals surface area (Å²) in [5, 5.41) is 2.57. The topological polar surface area (TPSA) is 96.0 Å². The second-order valence-corrected chi connectivity index (χ2v) is 10.6. The number of sulfonamides is 1. The number of rotatable bonds is 11. The molecule has 1 N–H and O–H groups in total. The van der Waals surface area contributed by atoms with Crippen LogP contribution in [0.4, 0.5) is 10.1 Å². The lowest BCUT2D eigenvalue weighted by Gasteiger charge is -2.33. The van der Waals surface area contributed by atoms with Crippen LogP contribution in [0.3, 0.4) is 0 Å². The number of carbonyl (C=O) groups is 2. The Morgan fingerprint density at radius 3 is 2.11 bits per heavy atom. The third kappa shape index (κ3) is 6.69. The SMILES string of the molecule is CC[C@H](C(=O)NC)N(Cc1ccc(F)cc1)C(=O)CN(c1ccc(C)cc1)S(=O)(=O)c1ccc(OC)cc1. The van der Waals surface area contributed by atoms with Gasteiger partial charge in [-0.05, 0) is 67.4 Å². The number of nitrogens with one attached hydrogen (secondary N) is 1. The molecule has 0 saturated heterocycles. The van der Waals surface area contributed by atoms with Crippen molar-refractivity contribution in [2.75, 3.05) is 25.0 Å². The Balaban J connectivity index is 2.04. The summed E-state index contributed by atoms with van der Waals surface area (Å²) in [4.78, 5) is 27.8. The fourth-order valence-corrected chi connectivity index (χ4v) is 5.40. The van der Waals surface area contributed by atoms with Crippen molar-refractivity contribution in [1.29, 1.82) is 0 Å². The number of likely N-dealkylation sites (N-methyl/N-ethyl adjacent to an activating group) is 1. The zero-order valence-corrected chi connectivity index (χ0v) is 22.7. The molecule has 0 aliphatic heterocycles. The maximum absolute atomic E-state index is 13.8. The van der Waals surface area contributed by atoms with Crippen molar-refractivity contribution in [3.8, 4) is 5.75 Å². The molecular formula is C28H32FN3O5S. The summed E-state index contributed by atoms with van der Waals surface area (Å²) < 4.78 is 47.3. The molecule has 0 unspecified atom stereocenters. The first-order chi connectivity index (χ1) is 18.1. The van der Waals surface area contributed by atoms with Crippen LogP contribution < -0.4 is 14.4 Å². The van der Waals surface area contributed by atoms with E-state index in [1.165, 1.54) is 67.6 Å². The third-order valence-electron chi connectivity index (χ3n) is 6.15. The van der Waals surface area contributed by atoms with E-state index < -0.39 is 34.3 Å². The van der Waals surface area contributed by atoms with Gasteiger partial charge in [-0.1, -0.05) is 36.8 Å². The third-order valence-corrected chi connectivity index (χ3v) is 7.93. The first-order valence-electron chi connectivity index (χ1n) is 12.1. The first kappa shape index (κ1) is 28.6. The van der Waals surface area contributed by atoms with Crippen LogP contribution in [-0.2, 0) is 26.2 Å². The molecule has 8 nitrogen and oxygen atoms in total. The van der Waals surface area contributed by atoms with Crippen molar-refractivity contribution in [2.45, 2.75) is 37.8 Å². The van der Waals surface area contributed by atoms with Gasteiger partial charge in [0.1, 0.15) is 24.2 Å². The number of halogens is 1. The van der Waals surface area contributed by atoms with Crippen LogP contribution in [-0.4, -0.2) is 51.9 Å². The summed E-state index contributed by atoms with van der Waals surface area (Å²) in [6, 6.07) is 17.4. The Kier molecular flexibility index (Phi) is 9.46. The molecule has 0 aliphatic rings. The zero-order valence-electron chi connectivity index (χ0n) is 21.8. The summed E-state index contributed by atoms with van der Waals surface area (Å²) in [5.41, 5.74) is 1.82. The second kappa shape index (κ2) is 12.6. The summed E-state index contributed by atoms with van der Waals surface area (Å²) in [6.45, 7) is 3.08. The van der Waals surface area contributed by atoms with Crippen LogP contribution in [0.1, 0.15) is 24.5 Å². The molecule has 0 spiro atoms. The maximum Gasteiger partial charge on any atom is 0.264 e. The second-order valence-electron chi connectivity index (χ2n) is 8.71. The van der Waals surface area contributed by atoms with E-state index >= 15 is 0 Å². The largest absolute Gasteiger partial charge is 0.497 e. The number of amides is 2. The molecule has 3 rings (SSSR count). The molecule has 0 aromatic heterocycles.